The molecule has 1 aliphatic heterocycles. The summed E-state index contributed by atoms with van der Waals surface area (Å²) in [4.78, 5) is 2.31. The quantitative estimate of drug-likeness (QED) is 0.820. The number of hydrogen-bond acceptors (Lipinski definition) is 2. The van der Waals surface area contributed by atoms with Gasteiger partial charge in [0.15, 0.2) is 0 Å². The monoisotopic (exact) mass is 272 g/mol. The Kier molecular flexibility index (Phi) is 3.77. The van der Waals surface area contributed by atoms with E-state index in [9.17, 15) is 4.39 Å². The van der Waals surface area contributed by atoms with Gasteiger partial charge in [-0.3, -0.25) is 0 Å². The second kappa shape index (κ2) is 5.70. The van der Waals surface area contributed by atoms with E-state index < -0.39 is 0 Å². The predicted octanol–water partition coefficient (Wildman–Crippen LogP) is 4.02. The fourth-order valence-corrected chi connectivity index (χ4v) is 2.81. The van der Waals surface area contributed by atoms with Gasteiger partial charge in [-0.15, -0.1) is 0 Å². The molecule has 1 aliphatic carbocycles. The normalized spacial score (nSPS) is 19.4. The first-order chi connectivity index (χ1) is 9.74. The van der Waals surface area contributed by atoms with Crippen LogP contribution in [0.1, 0.15) is 37.3 Å². The number of rotatable bonds is 5. The van der Waals surface area contributed by atoms with Crippen molar-refractivity contribution in [1.82, 2.24) is 4.90 Å². The highest BCUT2D eigenvalue weighted by atomic mass is 19.1. The molecule has 2 aliphatic rings. The zero-order valence-electron chi connectivity index (χ0n) is 11.6. The SMILES string of the molecule is Nc1cc(C(CCC2CC2)N2C=CC=CC2)ccc1F. The van der Waals surface area contributed by atoms with Crippen LogP contribution in [0, 0.1) is 11.7 Å². The Morgan fingerprint density at radius 3 is 2.80 bits per heavy atom. The van der Waals surface area contributed by atoms with E-state index in [4.69, 9.17) is 5.73 Å². The van der Waals surface area contributed by atoms with Crippen LogP contribution in [0.2, 0.25) is 0 Å². The van der Waals surface area contributed by atoms with E-state index in [1.807, 2.05) is 6.07 Å². The van der Waals surface area contributed by atoms with E-state index in [1.165, 1.54) is 25.3 Å². The van der Waals surface area contributed by atoms with Crippen LogP contribution in [0.25, 0.3) is 0 Å². The van der Waals surface area contributed by atoms with Crippen LogP contribution in [-0.2, 0) is 0 Å². The minimum atomic E-state index is -0.330. The van der Waals surface area contributed by atoms with Gasteiger partial charge in [0.1, 0.15) is 5.82 Å². The summed E-state index contributed by atoms with van der Waals surface area (Å²) in [5.74, 6) is 0.573. The number of nitrogens with two attached hydrogens (primary N) is 1. The first-order valence-corrected chi connectivity index (χ1v) is 7.38. The molecule has 20 heavy (non-hydrogen) atoms. The summed E-state index contributed by atoms with van der Waals surface area (Å²) in [7, 11) is 0. The molecule has 2 nitrogen and oxygen atoms in total. The summed E-state index contributed by atoms with van der Waals surface area (Å²) >= 11 is 0. The maximum atomic E-state index is 13.4. The maximum absolute atomic E-state index is 13.4. The lowest BCUT2D eigenvalue weighted by molar-refractivity contribution is 0.280. The Morgan fingerprint density at radius 2 is 2.15 bits per heavy atom. The first-order valence-electron chi connectivity index (χ1n) is 7.38. The zero-order valence-corrected chi connectivity index (χ0v) is 11.6. The summed E-state index contributed by atoms with van der Waals surface area (Å²) < 4.78 is 13.4. The summed E-state index contributed by atoms with van der Waals surface area (Å²) in [5.41, 5.74) is 7.09. The number of halogens is 1. The molecular formula is C17H21FN2. The molecule has 1 heterocycles. The summed E-state index contributed by atoms with van der Waals surface area (Å²) in [6, 6.07) is 5.44. The topological polar surface area (TPSA) is 29.3 Å². The highest BCUT2D eigenvalue weighted by Gasteiger charge is 2.25. The fourth-order valence-electron chi connectivity index (χ4n) is 2.81. The lowest BCUT2D eigenvalue weighted by atomic mass is 9.98. The van der Waals surface area contributed by atoms with Gasteiger partial charge in [-0.1, -0.05) is 31.1 Å². The van der Waals surface area contributed by atoms with Gasteiger partial charge < -0.3 is 10.6 Å². The van der Waals surface area contributed by atoms with Crippen molar-refractivity contribution < 1.29 is 4.39 Å². The standard InChI is InChI=1S/C17H21FN2/c18-15-8-7-14(12-16(15)19)17(9-6-13-4-5-13)20-10-2-1-3-11-20/h1-3,7-8,10,12-13,17H,4-6,9,11,19H2. The molecule has 2 N–H and O–H groups in total. The van der Waals surface area contributed by atoms with Crippen LogP contribution >= 0.6 is 0 Å². The molecule has 3 heteroatoms. The van der Waals surface area contributed by atoms with Gasteiger partial charge in [0.2, 0.25) is 0 Å². The number of nitrogen functional groups attached to an aromatic ring is 1. The molecule has 1 unspecified atom stereocenters. The first kappa shape index (κ1) is 13.2. The van der Waals surface area contributed by atoms with Crippen LogP contribution in [-0.4, -0.2) is 11.4 Å². The smallest absolute Gasteiger partial charge is 0.146 e. The number of hydrogen-bond donors (Lipinski definition) is 1. The molecule has 1 aromatic rings. The minimum absolute atomic E-state index is 0.246. The second-order valence-electron chi connectivity index (χ2n) is 5.78. The van der Waals surface area contributed by atoms with Crippen molar-refractivity contribution in [2.45, 2.75) is 31.7 Å². The van der Waals surface area contributed by atoms with Crippen LogP contribution < -0.4 is 5.73 Å². The lowest BCUT2D eigenvalue weighted by Gasteiger charge is -2.32. The van der Waals surface area contributed by atoms with Gasteiger partial charge >= 0.3 is 0 Å². The van der Waals surface area contributed by atoms with E-state index >= 15 is 0 Å². The predicted molar refractivity (Wildman–Crippen MR) is 80.5 cm³/mol. The Bertz CT molecular complexity index is 532. The summed E-state index contributed by atoms with van der Waals surface area (Å²) in [6.45, 7) is 0.906. The van der Waals surface area contributed by atoms with Gasteiger partial charge in [-0.2, -0.15) is 0 Å². The summed E-state index contributed by atoms with van der Waals surface area (Å²) in [5, 5.41) is 0. The van der Waals surface area contributed by atoms with E-state index in [0.717, 1.165) is 24.4 Å². The van der Waals surface area contributed by atoms with Gasteiger partial charge in [0.25, 0.3) is 0 Å². The molecule has 1 atom stereocenters. The van der Waals surface area contributed by atoms with Gasteiger partial charge in [0.05, 0.1) is 11.7 Å². The van der Waals surface area contributed by atoms with Gasteiger partial charge in [-0.05, 0) is 48.7 Å². The Balaban J connectivity index is 1.80. The molecule has 1 saturated carbocycles. The number of benzene rings is 1. The Hall–Kier alpha value is -1.77. The molecule has 0 amide bonds. The molecule has 0 bridgehead atoms. The molecule has 0 spiro atoms. The van der Waals surface area contributed by atoms with E-state index in [-0.39, 0.29) is 11.5 Å². The van der Waals surface area contributed by atoms with Crippen LogP contribution in [0.3, 0.4) is 0 Å². The highest BCUT2D eigenvalue weighted by molar-refractivity contribution is 5.43. The zero-order chi connectivity index (χ0) is 13.9. The average Bonchev–Trinajstić information content (AvgIpc) is 3.28. The van der Waals surface area contributed by atoms with Crippen LogP contribution in [0.5, 0.6) is 0 Å². The molecule has 1 aromatic carbocycles. The van der Waals surface area contributed by atoms with E-state index in [1.54, 1.807) is 6.07 Å². The lowest BCUT2D eigenvalue weighted by Crippen LogP contribution is -2.25. The molecule has 0 aromatic heterocycles. The van der Waals surface area contributed by atoms with Crippen molar-refractivity contribution in [2.24, 2.45) is 5.92 Å². The molecule has 0 saturated heterocycles. The Labute approximate surface area is 119 Å². The van der Waals surface area contributed by atoms with Crippen molar-refractivity contribution in [3.8, 4) is 0 Å². The highest BCUT2D eigenvalue weighted by Crippen LogP contribution is 2.38. The van der Waals surface area contributed by atoms with Gasteiger partial charge in [0, 0.05) is 6.54 Å². The second-order valence-corrected chi connectivity index (χ2v) is 5.78. The number of nitrogens with zero attached hydrogens (tertiary/aromatic N) is 1. The van der Waals surface area contributed by atoms with E-state index in [0.29, 0.717) is 6.04 Å². The third-order valence-electron chi connectivity index (χ3n) is 4.19. The van der Waals surface area contributed by atoms with Crippen LogP contribution in [0.4, 0.5) is 10.1 Å². The fraction of sp³-hybridized carbons (Fsp3) is 0.412. The number of anilines is 1. The Morgan fingerprint density at radius 1 is 1.30 bits per heavy atom. The average molecular weight is 272 g/mol. The maximum Gasteiger partial charge on any atom is 0.146 e. The largest absolute Gasteiger partial charge is 0.396 e. The molecular weight excluding hydrogens is 251 g/mol. The molecule has 106 valence electrons. The molecule has 1 fully saturated rings. The van der Waals surface area contributed by atoms with Gasteiger partial charge in [-0.25, -0.2) is 4.39 Å². The molecule has 0 radical (unpaired) electrons. The van der Waals surface area contributed by atoms with Crippen molar-refractivity contribution in [3.05, 3.63) is 54.0 Å². The third kappa shape index (κ3) is 3.03. The third-order valence-corrected chi connectivity index (χ3v) is 4.19. The van der Waals surface area contributed by atoms with Crippen molar-refractivity contribution in [3.63, 3.8) is 0 Å². The van der Waals surface area contributed by atoms with Crippen molar-refractivity contribution in [1.29, 1.82) is 0 Å². The molecule has 3 rings (SSSR count). The van der Waals surface area contributed by atoms with Crippen molar-refractivity contribution in [2.75, 3.05) is 12.3 Å². The van der Waals surface area contributed by atoms with E-state index in [2.05, 4.69) is 29.3 Å². The van der Waals surface area contributed by atoms with Crippen LogP contribution in [0.15, 0.2) is 42.6 Å². The summed E-state index contributed by atoms with van der Waals surface area (Å²) in [6.07, 6.45) is 13.5. The van der Waals surface area contributed by atoms with Crippen molar-refractivity contribution >= 4 is 5.69 Å². The number of allylic oxidation sites excluding steroid dienone is 2. The minimum Gasteiger partial charge on any atom is -0.396 e.